The second-order valence-electron chi connectivity index (χ2n) is 13.1. The van der Waals surface area contributed by atoms with E-state index in [0.29, 0.717) is 5.52 Å². The fourth-order valence-corrected chi connectivity index (χ4v) is 10.3. The zero-order valence-electron chi connectivity index (χ0n) is 28.0. The largest absolute Gasteiger partial charge is 1.00 e. The van der Waals surface area contributed by atoms with Gasteiger partial charge in [-0.25, -0.2) is 13.4 Å². The first kappa shape index (κ1) is 37.5. The van der Waals surface area contributed by atoms with Crippen molar-refractivity contribution in [3.8, 4) is 0 Å². The summed E-state index contributed by atoms with van der Waals surface area (Å²) in [6, 6.07) is 30.3. The molecule has 0 aliphatic heterocycles. The molecule has 2 heterocycles. The first-order chi connectivity index (χ1) is 22.9. The summed E-state index contributed by atoms with van der Waals surface area (Å²) >= 11 is 3.03. The molecule has 1 fully saturated rings. The average Bonchev–Trinajstić information content (AvgIpc) is 3.68. The number of fused-ring (bicyclic) bond motifs is 1. The van der Waals surface area contributed by atoms with Gasteiger partial charge < -0.3 is 15.0 Å². The topological polar surface area (TPSA) is 107 Å². The second kappa shape index (κ2) is 15.6. The molecule has 6 nitrogen and oxygen atoms in total. The van der Waals surface area contributed by atoms with E-state index in [1.54, 1.807) is 50.2 Å². The predicted molar refractivity (Wildman–Crippen MR) is 193 cm³/mol. The van der Waals surface area contributed by atoms with Crippen LogP contribution in [-0.2, 0) is 26.7 Å². The number of aliphatic carboxylic acids is 1. The number of carboxylic acids is 1. The first-order valence-corrected chi connectivity index (χ1v) is 19.4. The van der Waals surface area contributed by atoms with Gasteiger partial charge in [-0.05, 0) is 116 Å². The van der Waals surface area contributed by atoms with Gasteiger partial charge in [-0.2, -0.15) is 11.8 Å². The maximum absolute atomic E-state index is 13.2. The summed E-state index contributed by atoms with van der Waals surface area (Å²) in [5.41, 5.74) is 4.41. The number of carboxylic acid groups (broad SMARTS) is 1. The Kier molecular flexibility index (Phi) is 12.0. The number of nitrogens with zero attached hydrogens (tertiary/aromatic N) is 1. The van der Waals surface area contributed by atoms with Gasteiger partial charge in [-0.1, -0.05) is 72.8 Å². The first-order valence-electron chi connectivity index (χ1n) is 16.0. The summed E-state index contributed by atoms with van der Waals surface area (Å²) < 4.78 is 27.4. The molecule has 0 bridgehead atoms. The third kappa shape index (κ3) is 9.33. The zero-order valence-corrected chi connectivity index (χ0v) is 32.4. The normalized spacial score (nSPS) is 14.8. The van der Waals surface area contributed by atoms with Gasteiger partial charge in [0.25, 0.3) is 0 Å². The molecule has 1 aliphatic carbocycles. The van der Waals surface area contributed by atoms with E-state index < -0.39 is 21.4 Å². The van der Waals surface area contributed by atoms with Gasteiger partial charge in [0.15, 0.2) is 0 Å². The Bertz CT molecular complexity index is 2070. The smallest absolute Gasteiger partial charge is 0.550 e. The molecule has 0 saturated heterocycles. The molecule has 1 aliphatic rings. The molecule has 10 heteroatoms. The Labute approximate surface area is 318 Å². The number of thiophene rings is 1. The fraction of sp³-hybridized carbons (Fsp3) is 0.282. The van der Waals surface area contributed by atoms with E-state index in [4.69, 9.17) is 4.98 Å². The maximum Gasteiger partial charge on any atom is 1.00 e. The minimum atomic E-state index is -3.62. The molecular weight excluding hydrogens is 682 g/mol. The van der Waals surface area contributed by atoms with Crippen molar-refractivity contribution < 1.29 is 53.0 Å². The number of hydrogen-bond donors (Lipinski definition) is 1. The van der Waals surface area contributed by atoms with Crippen molar-refractivity contribution in [3.63, 3.8) is 0 Å². The molecule has 0 spiro atoms. The molecule has 49 heavy (non-hydrogen) atoms. The monoisotopic (exact) mass is 719 g/mol. The van der Waals surface area contributed by atoms with E-state index in [2.05, 4.69) is 18.2 Å². The van der Waals surface area contributed by atoms with Crippen LogP contribution in [0.15, 0.2) is 106 Å². The maximum atomic E-state index is 13.2. The number of benzene rings is 3. The van der Waals surface area contributed by atoms with Crippen LogP contribution >= 0.6 is 23.1 Å². The standard InChI is InChI=1S/C39H39NO5S3.Na/c1-38(2,43)32-14-7-6-10-28(32)16-19-34(46-26-39(21-22-39)25-36(41)42)29-11-8-9-27(23-29)15-17-30-18-20-35-33(40-30)24-37(47-35)48(44,45)31-12-4-3-5-13-31;/h3-15,17-18,20,23-24,34,43H,16,19,21-22,25-26H2,1-2H3,(H,41,42);/q;+1/p-1/t34-;/m1./s1. The zero-order chi connectivity index (χ0) is 33.9. The number of aromatic nitrogens is 1. The Morgan fingerprint density at radius 2 is 1.73 bits per heavy atom. The summed E-state index contributed by atoms with van der Waals surface area (Å²) in [5.74, 6) is -0.232. The molecule has 5 aromatic rings. The van der Waals surface area contributed by atoms with Crippen molar-refractivity contribution in [2.45, 2.75) is 65.9 Å². The molecule has 2 aromatic heterocycles. The molecule has 0 radical (unpaired) electrons. The SMILES string of the molecule is CC(C)(O)c1ccccc1CC[C@@H](SCC1(CC(=O)[O-])CC1)c1cccc(C=Cc2ccc3sc(S(=O)(=O)c4ccccc4)cc3n2)c1.[Na+]. The summed E-state index contributed by atoms with van der Waals surface area (Å²) in [5, 5.41) is 22.3. The van der Waals surface area contributed by atoms with E-state index in [1.807, 2.05) is 66.4 Å². The van der Waals surface area contributed by atoms with Gasteiger partial charge in [0.2, 0.25) is 9.84 Å². The molecule has 1 saturated carbocycles. The molecule has 248 valence electrons. The minimum absolute atomic E-state index is 0. The van der Waals surface area contributed by atoms with Gasteiger partial charge >= 0.3 is 29.6 Å². The molecular formula is C39H38NNaO5S3. The van der Waals surface area contributed by atoms with Gasteiger partial charge in [-0.15, -0.1) is 11.3 Å². The van der Waals surface area contributed by atoms with Crippen LogP contribution in [0.3, 0.4) is 0 Å². The van der Waals surface area contributed by atoms with E-state index >= 15 is 0 Å². The number of hydrogen-bond acceptors (Lipinski definition) is 8. The Morgan fingerprint density at radius 1 is 1.00 bits per heavy atom. The Morgan fingerprint density at radius 3 is 2.45 bits per heavy atom. The van der Waals surface area contributed by atoms with Crippen LogP contribution in [0.25, 0.3) is 22.4 Å². The number of pyridine rings is 1. The summed E-state index contributed by atoms with van der Waals surface area (Å²) in [6.45, 7) is 3.61. The van der Waals surface area contributed by atoms with Crippen molar-refractivity contribution in [2.75, 3.05) is 5.75 Å². The van der Waals surface area contributed by atoms with Crippen molar-refractivity contribution in [3.05, 3.63) is 125 Å². The number of sulfone groups is 1. The Balaban J connectivity index is 0.00000468. The second-order valence-corrected chi connectivity index (χ2v) is 17.6. The third-order valence-corrected chi connectivity index (χ3v) is 13.9. The number of thioether (sulfide) groups is 1. The predicted octanol–water partition coefficient (Wildman–Crippen LogP) is 4.86. The van der Waals surface area contributed by atoms with E-state index in [1.165, 1.54) is 11.3 Å². The molecule has 0 unspecified atom stereocenters. The number of aliphatic hydroxyl groups is 1. The van der Waals surface area contributed by atoms with Crippen LogP contribution in [0, 0.1) is 5.41 Å². The van der Waals surface area contributed by atoms with Crippen molar-refractivity contribution >= 4 is 61.3 Å². The number of rotatable bonds is 14. The van der Waals surface area contributed by atoms with Crippen LogP contribution in [0.2, 0.25) is 0 Å². The van der Waals surface area contributed by atoms with E-state index in [9.17, 15) is 23.4 Å². The van der Waals surface area contributed by atoms with Crippen molar-refractivity contribution in [2.24, 2.45) is 5.41 Å². The minimum Gasteiger partial charge on any atom is -0.550 e. The Hall–Kier alpha value is -2.76. The molecule has 6 rings (SSSR count). The summed E-state index contributed by atoms with van der Waals surface area (Å²) in [7, 11) is -3.62. The van der Waals surface area contributed by atoms with Crippen LogP contribution in [0.1, 0.15) is 72.7 Å². The van der Waals surface area contributed by atoms with Crippen molar-refractivity contribution in [1.82, 2.24) is 4.98 Å². The fourth-order valence-electron chi connectivity index (χ4n) is 6.00. The van der Waals surface area contributed by atoms with Gasteiger partial charge in [0.1, 0.15) is 4.21 Å². The van der Waals surface area contributed by atoms with Crippen LogP contribution in [0.4, 0.5) is 0 Å². The third-order valence-electron chi connectivity index (χ3n) is 8.84. The van der Waals surface area contributed by atoms with E-state index in [-0.39, 0.29) is 55.7 Å². The van der Waals surface area contributed by atoms with Gasteiger partial charge in [0.05, 0.1) is 26.4 Å². The van der Waals surface area contributed by atoms with E-state index in [0.717, 1.165) is 64.1 Å². The van der Waals surface area contributed by atoms with Gasteiger partial charge in [0, 0.05) is 11.2 Å². The van der Waals surface area contributed by atoms with Crippen LogP contribution in [-0.4, -0.2) is 30.2 Å². The number of carbonyl (C=O) groups excluding carboxylic acids is 1. The summed E-state index contributed by atoms with van der Waals surface area (Å²) in [6.07, 6.45) is 7.46. The van der Waals surface area contributed by atoms with Crippen molar-refractivity contribution in [1.29, 1.82) is 0 Å². The van der Waals surface area contributed by atoms with Gasteiger partial charge in [-0.3, -0.25) is 0 Å². The average molecular weight is 720 g/mol. The quantitative estimate of drug-likeness (QED) is 0.164. The summed E-state index contributed by atoms with van der Waals surface area (Å²) in [4.78, 5) is 16.4. The number of carbonyl (C=O) groups is 1. The molecule has 3 aromatic carbocycles. The number of aryl methyl sites for hydroxylation is 1. The van der Waals surface area contributed by atoms with Crippen LogP contribution in [0.5, 0.6) is 0 Å². The molecule has 1 N–H and O–H groups in total. The van der Waals surface area contributed by atoms with Crippen LogP contribution < -0.4 is 34.7 Å². The molecule has 0 amide bonds. The molecule has 1 atom stereocenters.